The summed E-state index contributed by atoms with van der Waals surface area (Å²) in [5, 5.41) is 38.4. The highest BCUT2D eigenvalue weighted by atomic mass is 16.6. The second kappa shape index (κ2) is 5.90. The fourth-order valence-corrected chi connectivity index (χ4v) is 0.547. The molecular formula is C6H13NO5. The summed E-state index contributed by atoms with van der Waals surface area (Å²) >= 11 is 0. The van der Waals surface area contributed by atoms with Crippen molar-refractivity contribution in [1.82, 2.24) is 0 Å². The van der Waals surface area contributed by atoms with E-state index in [0.29, 0.717) is 0 Å². The molecule has 0 rings (SSSR count). The number of nitrogens with zero attached hydrogens (tertiary/aromatic N) is 1. The molecule has 0 spiro atoms. The Kier molecular flexibility index (Phi) is 5.56. The molecule has 0 fully saturated rings. The molecule has 3 atom stereocenters. The van der Waals surface area contributed by atoms with Crippen LogP contribution in [0.5, 0.6) is 0 Å². The molecule has 0 saturated heterocycles. The van der Waals surface area contributed by atoms with Gasteiger partial charge in [0.15, 0.2) is 0 Å². The summed E-state index contributed by atoms with van der Waals surface area (Å²) < 4.78 is 0. The van der Waals surface area contributed by atoms with Gasteiger partial charge in [-0.05, 0) is 0 Å². The minimum atomic E-state index is -1.46. The van der Waals surface area contributed by atoms with Gasteiger partial charge >= 0.3 is 0 Å². The molecule has 0 aliphatic carbocycles. The third-order valence-corrected chi connectivity index (χ3v) is 1.25. The van der Waals surface area contributed by atoms with Crippen LogP contribution in [0, 0.1) is 0 Å². The number of aliphatic hydroxyl groups excluding tert-OH is 4. The molecular weight excluding hydrogens is 166 g/mol. The maximum absolute atomic E-state index is 9.01. The number of hydrogen-bond acceptors (Lipinski definition) is 6. The molecule has 6 nitrogen and oxygen atoms in total. The highest BCUT2D eigenvalue weighted by Crippen LogP contribution is 1.97. The molecule has 4 N–H and O–H groups in total. The first kappa shape index (κ1) is 11.3. The van der Waals surface area contributed by atoms with Gasteiger partial charge < -0.3 is 25.3 Å². The molecule has 0 aromatic rings. The van der Waals surface area contributed by atoms with Crippen molar-refractivity contribution in [2.24, 2.45) is 5.16 Å². The smallest absolute Gasteiger partial charge is 0.121 e. The van der Waals surface area contributed by atoms with Gasteiger partial charge in [0.1, 0.15) is 25.4 Å². The van der Waals surface area contributed by atoms with E-state index in [1.54, 1.807) is 0 Å². The Hall–Kier alpha value is -0.690. The monoisotopic (exact) mass is 179 g/mol. The standard InChI is InChI=1S/C6H13NO5/c1-12-7-2-4(9)6(11)5(10)3-8/h2,4-6,8-11H,3H2,1H3/t4-,5+,6+/m0/s1. The topological polar surface area (TPSA) is 103 Å². The summed E-state index contributed by atoms with van der Waals surface area (Å²) in [5.74, 6) is 0. The Bertz CT molecular complexity index is 140. The summed E-state index contributed by atoms with van der Waals surface area (Å²) in [5.41, 5.74) is 0. The average Bonchev–Trinajstić information content (AvgIpc) is 2.11. The van der Waals surface area contributed by atoms with E-state index in [9.17, 15) is 0 Å². The zero-order chi connectivity index (χ0) is 9.56. The molecule has 0 aromatic carbocycles. The molecule has 0 unspecified atom stereocenters. The molecule has 0 saturated carbocycles. The third-order valence-electron chi connectivity index (χ3n) is 1.25. The summed E-state index contributed by atoms with van der Waals surface area (Å²) in [6.07, 6.45) is -3.28. The molecule has 0 bridgehead atoms. The predicted octanol–water partition coefficient (Wildman–Crippen LogP) is -2.31. The van der Waals surface area contributed by atoms with Gasteiger partial charge in [0, 0.05) is 0 Å². The highest BCUT2D eigenvalue weighted by molar-refractivity contribution is 5.62. The first-order valence-corrected chi connectivity index (χ1v) is 3.35. The quantitative estimate of drug-likeness (QED) is 0.280. The van der Waals surface area contributed by atoms with Crippen molar-refractivity contribution in [1.29, 1.82) is 0 Å². The summed E-state index contributed by atoms with van der Waals surface area (Å²) in [6, 6.07) is 0. The normalized spacial score (nSPS) is 19.1. The van der Waals surface area contributed by atoms with E-state index >= 15 is 0 Å². The van der Waals surface area contributed by atoms with E-state index in [2.05, 4.69) is 9.99 Å². The van der Waals surface area contributed by atoms with Gasteiger partial charge in [-0.1, -0.05) is 5.16 Å². The minimum Gasteiger partial charge on any atom is -0.399 e. The Morgan fingerprint density at radius 3 is 2.42 bits per heavy atom. The van der Waals surface area contributed by atoms with Crippen molar-refractivity contribution in [2.45, 2.75) is 18.3 Å². The van der Waals surface area contributed by atoms with Crippen molar-refractivity contribution >= 4 is 6.21 Å². The van der Waals surface area contributed by atoms with Crippen LogP contribution in [0.25, 0.3) is 0 Å². The van der Waals surface area contributed by atoms with E-state index in [1.165, 1.54) is 7.11 Å². The Morgan fingerprint density at radius 2 is 2.00 bits per heavy atom. The van der Waals surface area contributed by atoms with E-state index in [1.807, 2.05) is 0 Å². The molecule has 6 heteroatoms. The second-order valence-electron chi connectivity index (χ2n) is 2.17. The summed E-state index contributed by atoms with van der Waals surface area (Å²) in [6.45, 7) is -0.626. The fraction of sp³-hybridized carbons (Fsp3) is 0.833. The minimum absolute atomic E-state index is 0.626. The third kappa shape index (κ3) is 3.63. The van der Waals surface area contributed by atoms with Crippen LogP contribution in [0.2, 0.25) is 0 Å². The summed E-state index contributed by atoms with van der Waals surface area (Å²) in [4.78, 5) is 4.23. The Balaban J connectivity index is 3.91. The van der Waals surface area contributed by atoms with Crippen molar-refractivity contribution in [3.05, 3.63) is 0 Å². The van der Waals surface area contributed by atoms with Crippen molar-refractivity contribution in [3.63, 3.8) is 0 Å². The van der Waals surface area contributed by atoms with Crippen LogP contribution in [0.3, 0.4) is 0 Å². The van der Waals surface area contributed by atoms with E-state index in [4.69, 9.17) is 20.4 Å². The van der Waals surface area contributed by atoms with Crippen LogP contribution in [-0.4, -0.2) is 58.7 Å². The van der Waals surface area contributed by atoms with Gasteiger partial charge in [0.05, 0.1) is 12.8 Å². The van der Waals surface area contributed by atoms with Gasteiger partial charge in [-0.15, -0.1) is 0 Å². The van der Waals surface area contributed by atoms with Crippen molar-refractivity contribution in [2.75, 3.05) is 13.7 Å². The lowest BCUT2D eigenvalue weighted by Gasteiger charge is -2.17. The van der Waals surface area contributed by atoms with Crippen LogP contribution in [0.15, 0.2) is 5.16 Å². The largest absolute Gasteiger partial charge is 0.399 e. The first-order valence-electron chi connectivity index (χ1n) is 3.35. The lowest BCUT2D eigenvalue weighted by atomic mass is 10.1. The predicted molar refractivity (Wildman–Crippen MR) is 40.6 cm³/mol. The zero-order valence-corrected chi connectivity index (χ0v) is 6.66. The second-order valence-corrected chi connectivity index (χ2v) is 2.17. The number of rotatable bonds is 5. The maximum Gasteiger partial charge on any atom is 0.121 e. The average molecular weight is 179 g/mol. The molecule has 0 radical (unpaired) electrons. The molecule has 0 aromatic heterocycles. The first-order chi connectivity index (χ1) is 5.63. The molecule has 0 aliphatic rings. The van der Waals surface area contributed by atoms with Gasteiger partial charge in [0.2, 0.25) is 0 Å². The van der Waals surface area contributed by atoms with Gasteiger partial charge in [-0.25, -0.2) is 0 Å². The zero-order valence-electron chi connectivity index (χ0n) is 6.66. The van der Waals surface area contributed by atoms with Gasteiger partial charge in [-0.3, -0.25) is 0 Å². The number of aliphatic hydroxyl groups is 4. The summed E-state index contributed by atoms with van der Waals surface area (Å²) in [7, 11) is 1.28. The highest BCUT2D eigenvalue weighted by Gasteiger charge is 2.22. The number of oxime groups is 1. The maximum atomic E-state index is 9.01. The fourth-order valence-electron chi connectivity index (χ4n) is 0.547. The Labute approximate surface area is 69.7 Å². The van der Waals surface area contributed by atoms with E-state index < -0.39 is 24.9 Å². The Morgan fingerprint density at radius 1 is 1.42 bits per heavy atom. The SMILES string of the molecule is CON=C[C@H](O)[C@@H](O)[C@H](O)CO. The molecule has 72 valence electrons. The lowest BCUT2D eigenvalue weighted by molar-refractivity contribution is -0.0547. The van der Waals surface area contributed by atoms with E-state index in [0.717, 1.165) is 6.21 Å². The lowest BCUT2D eigenvalue weighted by Crippen LogP contribution is -2.40. The van der Waals surface area contributed by atoms with Crippen LogP contribution >= 0.6 is 0 Å². The molecule has 0 heterocycles. The van der Waals surface area contributed by atoms with Crippen LogP contribution in [0.4, 0.5) is 0 Å². The van der Waals surface area contributed by atoms with E-state index in [-0.39, 0.29) is 0 Å². The number of hydrogen-bond donors (Lipinski definition) is 4. The van der Waals surface area contributed by atoms with Crippen LogP contribution in [0.1, 0.15) is 0 Å². The van der Waals surface area contributed by atoms with Crippen LogP contribution < -0.4 is 0 Å². The molecule has 0 amide bonds. The van der Waals surface area contributed by atoms with Gasteiger partial charge in [-0.2, -0.15) is 0 Å². The molecule has 0 aliphatic heterocycles. The molecule has 12 heavy (non-hydrogen) atoms. The van der Waals surface area contributed by atoms with Crippen molar-refractivity contribution < 1.29 is 25.3 Å². The van der Waals surface area contributed by atoms with Crippen LogP contribution in [-0.2, 0) is 4.84 Å². The van der Waals surface area contributed by atoms with Gasteiger partial charge in [0.25, 0.3) is 0 Å². The van der Waals surface area contributed by atoms with Crippen molar-refractivity contribution in [3.8, 4) is 0 Å².